The van der Waals surface area contributed by atoms with Crippen LogP contribution >= 0.6 is 22.9 Å². The molecule has 0 aromatic carbocycles. The fourth-order valence-corrected chi connectivity index (χ4v) is 5.26. The molecule has 0 saturated carbocycles. The zero-order valence-electron chi connectivity index (χ0n) is 20.1. The molecule has 1 aliphatic rings. The minimum atomic E-state index is -2.82. The summed E-state index contributed by atoms with van der Waals surface area (Å²) in [6.45, 7) is -0.415. The molecule has 10 nitrogen and oxygen atoms in total. The zero-order chi connectivity index (χ0) is 27.0. The average Bonchev–Trinajstić information content (AvgIpc) is 3.55. The van der Waals surface area contributed by atoms with Gasteiger partial charge in [-0.05, 0) is 19.1 Å². The summed E-state index contributed by atoms with van der Waals surface area (Å²) >= 11 is 7.36. The van der Waals surface area contributed by atoms with Gasteiger partial charge >= 0.3 is 6.55 Å². The third kappa shape index (κ3) is 5.07. The lowest BCUT2D eigenvalue weighted by atomic mass is 10.0. The molecule has 4 aromatic heterocycles. The molecule has 5 heterocycles. The Morgan fingerprint density at radius 1 is 1.18 bits per heavy atom. The van der Waals surface area contributed by atoms with Gasteiger partial charge in [0.05, 0.1) is 42.9 Å². The van der Waals surface area contributed by atoms with E-state index in [1.54, 1.807) is 24.0 Å². The number of hydrogen-bond donors (Lipinski definition) is 1. The minimum absolute atomic E-state index is 0.0813. The van der Waals surface area contributed by atoms with Gasteiger partial charge < -0.3 is 9.64 Å². The maximum absolute atomic E-state index is 13.3. The monoisotopic (exact) mass is 559 g/mol. The van der Waals surface area contributed by atoms with Crippen molar-refractivity contribution in [2.24, 2.45) is 0 Å². The summed E-state index contributed by atoms with van der Waals surface area (Å²) < 4.78 is 31.5. The van der Waals surface area contributed by atoms with Gasteiger partial charge in [0.1, 0.15) is 10.9 Å². The molecule has 0 fully saturated rings. The molecule has 5 rings (SSSR count). The number of rotatable bonds is 6. The summed E-state index contributed by atoms with van der Waals surface area (Å²) in [5, 5.41) is 6.97. The molecule has 1 aliphatic heterocycles. The number of carbonyl (C=O) groups is 2. The second-order valence-electron chi connectivity index (χ2n) is 8.38. The number of ether oxygens (including phenoxy) is 1. The highest BCUT2D eigenvalue weighted by Crippen LogP contribution is 2.35. The lowest BCUT2D eigenvalue weighted by Gasteiger charge is -2.25. The number of alkyl halides is 2. The van der Waals surface area contributed by atoms with E-state index in [1.807, 2.05) is 0 Å². The number of hydrogen-bond acceptors (Lipinski definition) is 8. The number of nitrogens with zero attached hydrogens (tertiary/aromatic N) is 6. The molecule has 2 amide bonds. The number of anilines is 1. The van der Waals surface area contributed by atoms with Crippen LogP contribution in [0.5, 0.6) is 5.75 Å². The molecule has 0 radical (unpaired) electrons. The molecule has 4 aromatic rings. The van der Waals surface area contributed by atoms with Crippen molar-refractivity contribution in [2.75, 3.05) is 19.0 Å². The highest BCUT2D eigenvalue weighted by molar-refractivity contribution is 7.15. The molecular weight excluding hydrogens is 540 g/mol. The van der Waals surface area contributed by atoms with Crippen molar-refractivity contribution in [3.8, 4) is 16.9 Å². The van der Waals surface area contributed by atoms with Crippen LogP contribution in [0.25, 0.3) is 11.1 Å². The quantitative estimate of drug-likeness (QED) is 0.343. The number of aryl methyl sites for hydroxylation is 1. The Bertz CT molecular complexity index is 1540. The lowest BCUT2D eigenvalue weighted by molar-refractivity contribution is 0.0563. The highest BCUT2D eigenvalue weighted by Gasteiger charge is 2.27. The fraction of sp³-hybridized carbons (Fsp3) is 0.250. The Balaban J connectivity index is 1.36. The van der Waals surface area contributed by atoms with Crippen LogP contribution in [-0.4, -0.2) is 55.1 Å². The Labute approximate surface area is 224 Å². The molecule has 1 N–H and O–H groups in total. The van der Waals surface area contributed by atoms with Gasteiger partial charge in [0.15, 0.2) is 5.13 Å². The van der Waals surface area contributed by atoms with Crippen LogP contribution in [0, 0.1) is 6.92 Å². The molecule has 0 bridgehead atoms. The van der Waals surface area contributed by atoms with Gasteiger partial charge in [0.25, 0.3) is 11.8 Å². The first-order chi connectivity index (χ1) is 18.2. The van der Waals surface area contributed by atoms with Crippen LogP contribution in [0.15, 0.2) is 36.9 Å². The van der Waals surface area contributed by atoms with E-state index in [9.17, 15) is 18.4 Å². The SMILES string of the molecule is COc1cnc(Cl)cc1-c1cc(C)ncc1C(=O)Nc1nc2c(s1)CN(C(=O)c1cnn(C(F)F)c1)CC2. The molecule has 0 unspecified atom stereocenters. The number of fused-ring (bicyclic) bond motifs is 1. The third-order valence-corrected chi connectivity index (χ3v) is 7.12. The second kappa shape index (κ2) is 10.4. The van der Waals surface area contributed by atoms with Gasteiger partial charge in [-0.25, -0.2) is 14.6 Å². The number of carbonyl (C=O) groups excluding carboxylic acids is 2. The number of pyridine rings is 2. The first-order valence-electron chi connectivity index (χ1n) is 11.3. The van der Waals surface area contributed by atoms with Gasteiger partial charge in [0, 0.05) is 47.1 Å². The van der Waals surface area contributed by atoms with E-state index in [0.29, 0.717) is 45.3 Å². The zero-order valence-corrected chi connectivity index (χ0v) is 21.7. The van der Waals surface area contributed by atoms with E-state index in [1.165, 1.54) is 30.8 Å². The van der Waals surface area contributed by atoms with Crippen LogP contribution in [0.2, 0.25) is 5.15 Å². The summed E-state index contributed by atoms with van der Waals surface area (Å²) in [4.78, 5) is 41.3. The smallest absolute Gasteiger partial charge is 0.333 e. The minimum Gasteiger partial charge on any atom is -0.494 e. The number of amides is 2. The molecule has 196 valence electrons. The van der Waals surface area contributed by atoms with Gasteiger partial charge in [-0.1, -0.05) is 22.9 Å². The van der Waals surface area contributed by atoms with Crippen molar-refractivity contribution in [2.45, 2.75) is 26.4 Å². The van der Waals surface area contributed by atoms with Crippen LogP contribution in [-0.2, 0) is 13.0 Å². The largest absolute Gasteiger partial charge is 0.494 e. The summed E-state index contributed by atoms with van der Waals surface area (Å²) in [5.41, 5.74) is 2.99. The number of halogens is 3. The van der Waals surface area contributed by atoms with E-state index in [0.717, 1.165) is 23.0 Å². The van der Waals surface area contributed by atoms with Crippen LogP contribution < -0.4 is 10.1 Å². The molecule has 38 heavy (non-hydrogen) atoms. The maximum Gasteiger partial charge on any atom is 0.333 e. The fourth-order valence-electron chi connectivity index (χ4n) is 4.08. The van der Waals surface area contributed by atoms with E-state index in [2.05, 4.69) is 25.4 Å². The first-order valence-corrected chi connectivity index (χ1v) is 12.5. The third-order valence-electron chi connectivity index (χ3n) is 5.92. The van der Waals surface area contributed by atoms with Gasteiger partial charge in [0.2, 0.25) is 0 Å². The van der Waals surface area contributed by atoms with E-state index in [-0.39, 0.29) is 22.8 Å². The van der Waals surface area contributed by atoms with Crippen molar-refractivity contribution >= 4 is 39.9 Å². The Morgan fingerprint density at radius 3 is 2.74 bits per heavy atom. The molecular formula is C24H20ClF2N7O3S. The van der Waals surface area contributed by atoms with Gasteiger partial charge in [-0.3, -0.25) is 19.9 Å². The lowest BCUT2D eigenvalue weighted by Crippen LogP contribution is -2.35. The Hall–Kier alpha value is -3.97. The summed E-state index contributed by atoms with van der Waals surface area (Å²) in [5.74, 6) is -0.384. The van der Waals surface area contributed by atoms with Crippen molar-refractivity contribution < 1.29 is 23.1 Å². The van der Waals surface area contributed by atoms with Crippen molar-refractivity contribution in [3.05, 3.63) is 69.5 Å². The van der Waals surface area contributed by atoms with E-state index >= 15 is 0 Å². The number of methoxy groups -OCH3 is 1. The summed E-state index contributed by atoms with van der Waals surface area (Å²) in [6, 6.07) is 3.38. The van der Waals surface area contributed by atoms with Crippen molar-refractivity contribution in [3.63, 3.8) is 0 Å². The summed E-state index contributed by atoms with van der Waals surface area (Å²) in [6.07, 6.45) is 5.57. The van der Waals surface area contributed by atoms with E-state index < -0.39 is 18.4 Å². The molecule has 0 aliphatic carbocycles. The predicted molar refractivity (Wildman–Crippen MR) is 136 cm³/mol. The standard InChI is InChI=1S/C24H20ClF2N7O3S/c1-12-5-14(15-6-20(25)29-9-18(15)37-2)16(8-28-12)21(35)32-24-31-17-3-4-33(11-19(17)38-24)22(36)13-7-30-34(10-13)23(26)27/h5-10,23H,3-4,11H2,1-2H3,(H,31,32,35). The number of thiazole rings is 1. The van der Waals surface area contributed by atoms with Crippen LogP contribution in [0.4, 0.5) is 13.9 Å². The van der Waals surface area contributed by atoms with Gasteiger partial charge in [-0.15, -0.1) is 0 Å². The molecule has 0 saturated heterocycles. The molecule has 0 spiro atoms. The summed E-state index contributed by atoms with van der Waals surface area (Å²) in [7, 11) is 1.50. The van der Waals surface area contributed by atoms with Crippen LogP contribution in [0.1, 0.15) is 43.5 Å². The number of aromatic nitrogens is 5. The normalized spacial score (nSPS) is 12.9. The topological polar surface area (TPSA) is 115 Å². The Morgan fingerprint density at radius 2 is 2.00 bits per heavy atom. The molecule has 14 heteroatoms. The van der Waals surface area contributed by atoms with Gasteiger partial charge in [-0.2, -0.15) is 13.9 Å². The molecule has 0 atom stereocenters. The Kier molecular flexibility index (Phi) is 7.04. The number of nitrogens with one attached hydrogen (secondary N) is 1. The predicted octanol–water partition coefficient (Wildman–Crippen LogP) is 4.61. The average molecular weight is 560 g/mol. The van der Waals surface area contributed by atoms with Crippen molar-refractivity contribution in [1.29, 1.82) is 0 Å². The maximum atomic E-state index is 13.3. The highest BCUT2D eigenvalue weighted by atomic mass is 35.5. The van der Waals surface area contributed by atoms with Crippen molar-refractivity contribution in [1.82, 2.24) is 29.6 Å². The van der Waals surface area contributed by atoms with Crippen LogP contribution in [0.3, 0.4) is 0 Å². The second-order valence-corrected chi connectivity index (χ2v) is 9.86. The van der Waals surface area contributed by atoms with E-state index in [4.69, 9.17) is 16.3 Å². The first kappa shape index (κ1) is 25.7.